The average Bonchev–Trinajstić information content (AvgIpc) is 2.49. The van der Waals surface area contributed by atoms with Crippen LogP contribution in [-0.2, 0) is 13.2 Å². The van der Waals surface area contributed by atoms with Gasteiger partial charge in [0.2, 0.25) is 0 Å². The maximum absolute atomic E-state index is 13.0. The minimum absolute atomic E-state index is 0.148. The summed E-state index contributed by atoms with van der Waals surface area (Å²) in [7, 11) is 0. The van der Waals surface area contributed by atoms with Gasteiger partial charge in [0.25, 0.3) is 0 Å². The SMILES string of the molecule is Cc1ncc(CO)c(CN2CC[C@@H]2c2ccc(F)cc2)c1O. The number of likely N-dealkylation sites (tertiary alicyclic amines) is 1. The standard InChI is InChI=1S/C17H19FN2O2/c1-11-17(22)15(13(10-21)8-19-11)9-20-7-6-16(20)12-2-4-14(18)5-3-12/h2-5,8,16,21-22H,6-7,9-10H2,1H3/t16-/m1/s1. The number of hydrogen-bond donors (Lipinski definition) is 2. The smallest absolute Gasteiger partial charge is 0.141 e. The van der Waals surface area contributed by atoms with Gasteiger partial charge in [0.1, 0.15) is 11.6 Å². The molecule has 4 nitrogen and oxygen atoms in total. The van der Waals surface area contributed by atoms with Crippen molar-refractivity contribution in [3.05, 3.63) is 58.7 Å². The molecule has 1 aromatic carbocycles. The minimum atomic E-state index is -0.236. The number of aromatic hydroxyl groups is 1. The number of aliphatic hydroxyl groups is 1. The lowest BCUT2D eigenvalue weighted by molar-refractivity contribution is 0.0799. The van der Waals surface area contributed by atoms with Gasteiger partial charge in [-0.25, -0.2) is 4.39 Å². The molecule has 5 heteroatoms. The summed E-state index contributed by atoms with van der Waals surface area (Å²) in [5.41, 5.74) is 3.00. The molecule has 2 aromatic rings. The summed E-state index contributed by atoms with van der Waals surface area (Å²) >= 11 is 0. The molecule has 1 fully saturated rings. The molecule has 0 radical (unpaired) electrons. The zero-order valence-electron chi connectivity index (χ0n) is 12.5. The van der Waals surface area contributed by atoms with E-state index in [1.165, 1.54) is 12.1 Å². The molecule has 0 spiro atoms. The van der Waals surface area contributed by atoms with Crippen LogP contribution in [-0.4, -0.2) is 26.6 Å². The maximum Gasteiger partial charge on any atom is 0.141 e. The van der Waals surface area contributed by atoms with E-state index in [0.717, 1.165) is 24.1 Å². The molecule has 3 rings (SSSR count). The zero-order valence-corrected chi connectivity index (χ0v) is 12.5. The fourth-order valence-electron chi connectivity index (χ4n) is 2.89. The number of benzene rings is 1. The second kappa shape index (κ2) is 6.02. The van der Waals surface area contributed by atoms with Crippen LogP contribution in [0, 0.1) is 12.7 Å². The number of rotatable bonds is 4. The zero-order chi connectivity index (χ0) is 15.7. The normalized spacial score (nSPS) is 18.2. The van der Waals surface area contributed by atoms with Crippen LogP contribution < -0.4 is 0 Å². The van der Waals surface area contributed by atoms with E-state index >= 15 is 0 Å². The fraction of sp³-hybridized carbons (Fsp3) is 0.353. The molecule has 1 aliphatic heterocycles. The quantitative estimate of drug-likeness (QED) is 0.911. The van der Waals surface area contributed by atoms with E-state index in [0.29, 0.717) is 17.8 Å². The summed E-state index contributed by atoms with van der Waals surface area (Å²) < 4.78 is 13.0. The van der Waals surface area contributed by atoms with Gasteiger partial charge in [-0.05, 0) is 31.0 Å². The Morgan fingerprint density at radius 2 is 2.05 bits per heavy atom. The van der Waals surface area contributed by atoms with Gasteiger partial charge >= 0.3 is 0 Å². The highest BCUT2D eigenvalue weighted by atomic mass is 19.1. The highest BCUT2D eigenvalue weighted by molar-refractivity contribution is 5.41. The number of halogens is 1. The summed E-state index contributed by atoms with van der Waals surface area (Å²) in [5.74, 6) is -0.0871. The third kappa shape index (κ3) is 2.69. The molecule has 2 N–H and O–H groups in total. The first-order valence-electron chi connectivity index (χ1n) is 7.37. The predicted molar refractivity (Wildman–Crippen MR) is 80.7 cm³/mol. The van der Waals surface area contributed by atoms with Crippen molar-refractivity contribution in [3.8, 4) is 5.75 Å². The van der Waals surface area contributed by atoms with Gasteiger partial charge in [-0.2, -0.15) is 0 Å². The van der Waals surface area contributed by atoms with Crippen molar-refractivity contribution in [1.29, 1.82) is 0 Å². The van der Waals surface area contributed by atoms with Crippen LogP contribution in [0.3, 0.4) is 0 Å². The van der Waals surface area contributed by atoms with E-state index in [1.54, 1.807) is 25.3 Å². The first kappa shape index (κ1) is 14.9. The molecule has 0 amide bonds. The monoisotopic (exact) mass is 302 g/mol. The van der Waals surface area contributed by atoms with E-state index < -0.39 is 0 Å². The molecule has 116 valence electrons. The van der Waals surface area contributed by atoms with Crippen LogP contribution in [0.4, 0.5) is 4.39 Å². The van der Waals surface area contributed by atoms with Crippen LogP contribution in [0.1, 0.15) is 34.8 Å². The maximum atomic E-state index is 13.0. The molecule has 2 heterocycles. The van der Waals surface area contributed by atoms with Crippen LogP contribution in [0.2, 0.25) is 0 Å². The van der Waals surface area contributed by atoms with Gasteiger partial charge in [0, 0.05) is 36.5 Å². The summed E-state index contributed by atoms with van der Waals surface area (Å²) in [4.78, 5) is 6.29. The van der Waals surface area contributed by atoms with Crippen molar-refractivity contribution in [1.82, 2.24) is 9.88 Å². The third-order valence-electron chi connectivity index (χ3n) is 4.35. The lowest BCUT2D eigenvalue weighted by Gasteiger charge is -2.41. The van der Waals surface area contributed by atoms with Crippen molar-refractivity contribution in [2.45, 2.75) is 32.5 Å². The molecule has 0 unspecified atom stereocenters. The highest BCUT2D eigenvalue weighted by Gasteiger charge is 2.30. The van der Waals surface area contributed by atoms with E-state index in [-0.39, 0.29) is 24.2 Å². The molecule has 0 bridgehead atoms. The van der Waals surface area contributed by atoms with Crippen molar-refractivity contribution < 1.29 is 14.6 Å². The molecular weight excluding hydrogens is 283 g/mol. The van der Waals surface area contributed by atoms with Gasteiger partial charge in [-0.1, -0.05) is 12.1 Å². The number of hydrogen-bond acceptors (Lipinski definition) is 4. The number of aromatic nitrogens is 1. The van der Waals surface area contributed by atoms with Crippen molar-refractivity contribution >= 4 is 0 Å². The molecule has 1 aromatic heterocycles. The van der Waals surface area contributed by atoms with Gasteiger partial charge in [-0.15, -0.1) is 0 Å². The van der Waals surface area contributed by atoms with Crippen LogP contribution in [0.15, 0.2) is 30.5 Å². The Bertz CT molecular complexity index is 673. The first-order valence-corrected chi connectivity index (χ1v) is 7.37. The van der Waals surface area contributed by atoms with E-state index in [4.69, 9.17) is 0 Å². The molecule has 22 heavy (non-hydrogen) atoms. The summed E-state index contributed by atoms with van der Waals surface area (Å²) in [6.45, 7) is 3.06. The molecule has 0 aliphatic carbocycles. The van der Waals surface area contributed by atoms with Gasteiger partial charge in [-0.3, -0.25) is 9.88 Å². The summed E-state index contributed by atoms with van der Waals surface area (Å²) in [5, 5.41) is 19.7. The minimum Gasteiger partial charge on any atom is -0.506 e. The number of aryl methyl sites for hydroxylation is 1. The largest absolute Gasteiger partial charge is 0.506 e. The van der Waals surface area contributed by atoms with Crippen molar-refractivity contribution in [2.24, 2.45) is 0 Å². The Morgan fingerprint density at radius 1 is 1.32 bits per heavy atom. The Balaban J connectivity index is 1.82. The summed E-state index contributed by atoms with van der Waals surface area (Å²) in [6.07, 6.45) is 2.61. The molecule has 0 saturated carbocycles. The first-order chi connectivity index (χ1) is 10.6. The van der Waals surface area contributed by atoms with Crippen molar-refractivity contribution in [3.63, 3.8) is 0 Å². The van der Waals surface area contributed by atoms with Crippen molar-refractivity contribution in [2.75, 3.05) is 6.54 Å². The number of nitrogens with zero attached hydrogens (tertiary/aromatic N) is 2. The topological polar surface area (TPSA) is 56.6 Å². The molecule has 1 atom stereocenters. The van der Waals surface area contributed by atoms with E-state index in [2.05, 4.69) is 9.88 Å². The van der Waals surface area contributed by atoms with Crippen LogP contribution >= 0.6 is 0 Å². The third-order valence-corrected chi connectivity index (χ3v) is 4.35. The Labute approximate surface area is 128 Å². The number of aliphatic hydroxyl groups excluding tert-OH is 1. The van der Waals surface area contributed by atoms with E-state index in [9.17, 15) is 14.6 Å². The Kier molecular flexibility index (Phi) is 4.09. The predicted octanol–water partition coefficient (Wildman–Crippen LogP) is 2.67. The Morgan fingerprint density at radius 3 is 2.64 bits per heavy atom. The fourth-order valence-corrected chi connectivity index (χ4v) is 2.89. The second-order valence-electron chi connectivity index (χ2n) is 5.68. The van der Waals surface area contributed by atoms with Gasteiger partial charge in [0.05, 0.1) is 12.3 Å². The molecule has 1 saturated heterocycles. The summed E-state index contributed by atoms with van der Waals surface area (Å²) in [6, 6.07) is 6.77. The Hall–Kier alpha value is -1.98. The van der Waals surface area contributed by atoms with E-state index in [1.807, 2.05) is 0 Å². The van der Waals surface area contributed by atoms with Gasteiger partial charge in [0.15, 0.2) is 0 Å². The lowest BCUT2D eigenvalue weighted by atomic mass is 9.93. The average molecular weight is 302 g/mol. The number of pyridine rings is 1. The van der Waals surface area contributed by atoms with Gasteiger partial charge < -0.3 is 10.2 Å². The second-order valence-corrected chi connectivity index (χ2v) is 5.68. The highest BCUT2D eigenvalue weighted by Crippen LogP contribution is 2.37. The molecular formula is C17H19FN2O2. The molecule has 1 aliphatic rings. The van der Waals surface area contributed by atoms with Crippen LogP contribution in [0.25, 0.3) is 0 Å². The lowest BCUT2D eigenvalue weighted by Crippen LogP contribution is -2.40. The van der Waals surface area contributed by atoms with Crippen LogP contribution in [0.5, 0.6) is 5.75 Å².